The molecule has 0 unspecified atom stereocenters. The molecule has 2 aliphatic carbocycles. The fourth-order valence-electron chi connectivity index (χ4n) is 5.53. The third kappa shape index (κ3) is 2.98. The Balaban J connectivity index is 1.62. The molecule has 0 spiro atoms. The molecule has 1 aromatic rings. The number of likely N-dealkylation sites (N-methyl/N-ethyl adjacent to an activating group) is 1. The Kier molecular flexibility index (Phi) is 4.33. The molecule has 1 heterocycles. The smallest absolute Gasteiger partial charge is 0.115 e. The standard InChI is InChI=1S/C21H32N2O2/c1-20-10-11-23(2)18(12-15-6-7-16(24)13-17(15)20)19(20)22-14-21(25)8-4-3-5-9-21/h6-7,13,18-19,22,24-25H,3-5,8-12,14H2,1-2H3/t18-,19-,20-/m1/s1. The van der Waals surface area contributed by atoms with Gasteiger partial charge in [-0.1, -0.05) is 32.3 Å². The van der Waals surface area contributed by atoms with Crippen LogP contribution in [0.5, 0.6) is 5.75 Å². The summed E-state index contributed by atoms with van der Waals surface area (Å²) in [6, 6.07) is 6.64. The second kappa shape index (κ2) is 6.26. The van der Waals surface area contributed by atoms with Gasteiger partial charge in [0.15, 0.2) is 0 Å². The maximum absolute atomic E-state index is 10.9. The fraction of sp³-hybridized carbons (Fsp3) is 0.714. The van der Waals surface area contributed by atoms with Crippen LogP contribution < -0.4 is 5.32 Å². The van der Waals surface area contributed by atoms with E-state index in [0.29, 0.717) is 24.4 Å². The third-order valence-electron chi connectivity index (χ3n) is 7.19. The van der Waals surface area contributed by atoms with Gasteiger partial charge in [0.25, 0.3) is 0 Å². The summed E-state index contributed by atoms with van der Waals surface area (Å²) in [6.07, 6.45) is 7.45. The van der Waals surface area contributed by atoms with E-state index in [-0.39, 0.29) is 5.41 Å². The molecular formula is C21H32N2O2. The second-order valence-corrected chi connectivity index (χ2v) is 8.90. The number of phenols is 1. The summed E-state index contributed by atoms with van der Waals surface area (Å²) in [5.41, 5.74) is 2.13. The number of aromatic hydroxyl groups is 1. The molecule has 4 rings (SSSR count). The highest BCUT2D eigenvalue weighted by atomic mass is 16.3. The quantitative estimate of drug-likeness (QED) is 0.789. The average molecular weight is 344 g/mol. The molecule has 1 aromatic carbocycles. The van der Waals surface area contributed by atoms with Crippen molar-refractivity contribution in [1.82, 2.24) is 10.2 Å². The maximum atomic E-state index is 10.9. The number of fused-ring (bicyclic) bond motifs is 4. The SMILES string of the molecule is CN1CC[C@]2(C)c3cc(O)ccc3C[C@@H]1[C@H]2NCC1(O)CCCCC1. The van der Waals surface area contributed by atoms with Gasteiger partial charge in [0, 0.05) is 24.0 Å². The van der Waals surface area contributed by atoms with Gasteiger partial charge < -0.3 is 20.4 Å². The summed E-state index contributed by atoms with van der Waals surface area (Å²) in [7, 11) is 2.22. The zero-order chi connectivity index (χ0) is 17.7. The van der Waals surface area contributed by atoms with Gasteiger partial charge in [0.2, 0.25) is 0 Å². The molecule has 3 aliphatic rings. The van der Waals surface area contributed by atoms with Crippen LogP contribution in [-0.2, 0) is 11.8 Å². The van der Waals surface area contributed by atoms with E-state index in [9.17, 15) is 10.2 Å². The van der Waals surface area contributed by atoms with Crippen molar-refractivity contribution in [3.8, 4) is 5.75 Å². The molecule has 3 N–H and O–H groups in total. The number of nitrogens with one attached hydrogen (secondary N) is 1. The molecule has 2 bridgehead atoms. The number of phenolic OH excluding ortho intramolecular Hbond substituents is 1. The summed E-state index contributed by atoms with van der Waals surface area (Å²) in [4.78, 5) is 2.47. The summed E-state index contributed by atoms with van der Waals surface area (Å²) >= 11 is 0. The monoisotopic (exact) mass is 344 g/mol. The van der Waals surface area contributed by atoms with Crippen LogP contribution >= 0.6 is 0 Å². The van der Waals surface area contributed by atoms with E-state index in [1.54, 1.807) is 0 Å². The molecule has 138 valence electrons. The topological polar surface area (TPSA) is 55.7 Å². The van der Waals surface area contributed by atoms with Crippen LogP contribution in [0.15, 0.2) is 18.2 Å². The number of nitrogens with zero attached hydrogens (tertiary/aromatic N) is 1. The Bertz CT molecular complexity index is 641. The van der Waals surface area contributed by atoms with E-state index in [4.69, 9.17) is 0 Å². The first-order valence-electron chi connectivity index (χ1n) is 9.90. The Morgan fingerprint density at radius 3 is 2.72 bits per heavy atom. The number of benzene rings is 1. The van der Waals surface area contributed by atoms with E-state index < -0.39 is 5.60 Å². The molecular weight excluding hydrogens is 312 g/mol. The highest BCUT2D eigenvalue weighted by Crippen LogP contribution is 2.45. The Labute approximate surface area is 151 Å². The number of aliphatic hydroxyl groups is 1. The van der Waals surface area contributed by atoms with Gasteiger partial charge in [-0.15, -0.1) is 0 Å². The van der Waals surface area contributed by atoms with Crippen LogP contribution in [0, 0.1) is 0 Å². The lowest BCUT2D eigenvalue weighted by Gasteiger charge is -2.55. The molecule has 1 saturated carbocycles. The van der Waals surface area contributed by atoms with Crippen molar-refractivity contribution in [2.45, 2.75) is 75.0 Å². The molecule has 0 aromatic heterocycles. The van der Waals surface area contributed by atoms with Gasteiger partial charge in [-0.2, -0.15) is 0 Å². The summed E-state index contributed by atoms with van der Waals surface area (Å²) in [5, 5.41) is 24.8. The maximum Gasteiger partial charge on any atom is 0.115 e. The number of rotatable bonds is 3. The van der Waals surface area contributed by atoms with Gasteiger partial charge in [-0.25, -0.2) is 0 Å². The lowest BCUT2D eigenvalue weighted by molar-refractivity contribution is -0.0114. The van der Waals surface area contributed by atoms with E-state index in [1.165, 1.54) is 17.5 Å². The molecule has 4 nitrogen and oxygen atoms in total. The second-order valence-electron chi connectivity index (χ2n) is 8.90. The minimum Gasteiger partial charge on any atom is -0.508 e. The molecule has 3 atom stereocenters. The molecule has 2 fully saturated rings. The largest absolute Gasteiger partial charge is 0.508 e. The number of piperidine rings is 1. The third-order valence-corrected chi connectivity index (χ3v) is 7.19. The number of hydrogen-bond acceptors (Lipinski definition) is 4. The highest BCUT2D eigenvalue weighted by Gasteiger charge is 2.50. The predicted octanol–water partition coefficient (Wildman–Crippen LogP) is 2.56. The molecule has 1 saturated heterocycles. The predicted molar refractivity (Wildman–Crippen MR) is 100 cm³/mol. The van der Waals surface area contributed by atoms with Crippen molar-refractivity contribution >= 4 is 0 Å². The van der Waals surface area contributed by atoms with E-state index in [2.05, 4.69) is 30.3 Å². The first-order chi connectivity index (χ1) is 11.9. The van der Waals surface area contributed by atoms with Crippen molar-refractivity contribution in [1.29, 1.82) is 0 Å². The van der Waals surface area contributed by atoms with E-state index >= 15 is 0 Å². The Hall–Kier alpha value is -1.10. The van der Waals surface area contributed by atoms with Crippen molar-refractivity contribution in [3.63, 3.8) is 0 Å². The zero-order valence-electron chi connectivity index (χ0n) is 15.6. The van der Waals surface area contributed by atoms with E-state index in [1.807, 2.05) is 12.1 Å². The van der Waals surface area contributed by atoms with Crippen LogP contribution in [0.4, 0.5) is 0 Å². The molecule has 0 amide bonds. The average Bonchev–Trinajstić information content (AvgIpc) is 2.59. The highest BCUT2D eigenvalue weighted by molar-refractivity contribution is 5.45. The van der Waals surface area contributed by atoms with Gasteiger partial charge in [-0.3, -0.25) is 0 Å². The number of hydrogen-bond donors (Lipinski definition) is 3. The van der Waals surface area contributed by atoms with Gasteiger partial charge in [-0.05, 0) is 62.5 Å². The van der Waals surface area contributed by atoms with Gasteiger partial charge in [0.1, 0.15) is 5.75 Å². The lowest BCUT2D eigenvalue weighted by atomic mass is 9.61. The molecule has 25 heavy (non-hydrogen) atoms. The summed E-state index contributed by atoms with van der Waals surface area (Å²) in [5.74, 6) is 0.363. The Morgan fingerprint density at radius 1 is 1.20 bits per heavy atom. The first-order valence-corrected chi connectivity index (χ1v) is 9.90. The van der Waals surface area contributed by atoms with E-state index in [0.717, 1.165) is 45.1 Å². The summed E-state index contributed by atoms with van der Waals surface area (Å²) in [6.45, 7) is 4.11. The van der Waals surface area contributed by atoms with Gasteiger partial charge in [0.05, 0.1) is 5.60 Å². The van der Waals surface area contributed by atoms with Crippen LogP contribution in [0.1, 0.15) is 56.6 Å². The molecule has 4 heteroatoms. The van der Waals surface area contributed by atoms with Crippen molar-refractivity contribution in [2.75, 3.05) is 20.1 Å². The Morgan fingerprint density at radius 2 is 1.96 bits per heavy atom. The minimum absolute atomic E-state index is 0.00846. The molecule has 0 radical (unpaired) electrons. The van der Waals surface area contributed by atoms with Crippen LogP contribution in [0.25, 0.3) is 0 Å². The zero-order valence-corrected chi connectivity index (χ0v) is 15.6. The van der Waals surface area contributed by atoms with Crippen LogP contribution in [0.3, 0.4) is 0 Å². The normalized spacial score (nSPS) is 34.5. The van der Waals surface area contributed by atoms with Crippen molar-refractivity contribution in [3.05, 3.63) is 29.3 Å². The van der Waals surface area contributed by atoms with Crippen molar-refractivity contribution < 1.29 is 10.2 Å². The lowest BCUT2D eigenvalue weighted by Crippen LogP contribution is -2.67. The van der Waals surface area contributed by atoms with Crippen molar-refractivity contribution in [2.24, 2.45) is 0 Å². The first kappa shape index (κ1) is 17.3. The summed E-state index contributed by atoms with van der Waals surface area (Å²) < 4.78 is 0. The van der Waals surface area contributed by atoms with Crippen LogP contribution in [0.2, 0.25) is 0 Å². The number of likely N-dealkylation sites (tertiary alicyclic amines) is 1. The van der Waals surface area contributed by atoms with Crippen LogP contribution in [-0.4, -0.2) is 52.9 Å². The minimum atomic E-state index is -0.541. The fourth-order valence-corrected chi connectivity index (χ4v) is 5.53. The molecule has 1 aliphatic heterocycles. The van der Waals surface area contributed by atoms with Gasteiger partial charge >= 0.3 is 0 Å².